The van der Waals surface area contributed by atoms with Crippen LogP contribution in [0.1, 0.15) is 23.4 Å². The highest BCUT2D eigenvalue weighted by Gasteiger charge is 2.09. The summed E-state index contributed by atoms with van der Waals surface area (Å²) in [6.07, 6.45) is 3.74. The van der Waals surface area contributed by atoms with Crippen LogP contribution in [0.2, 0.25) is 0 Å². The van der Waals surface area contributed by atoms with E-state index in [2.05, 4.69) is 49.8 Å². The molecule has 0 amide bonds. The lowest BCUT2D eigenvalue weighted by molar-refractivity contribution is 0.581. The molecule has 0 fully saturated rings. The van der Waals surface area contributed by atoms with Crippen molar-refractivity contribution in [2.24, 2.45) is 0 Å². The van der Waals surface area contributed by atoms with E-state index in [4.69, 9.17) is 0 Å². The van der Waals surface area contributed by atoms with Gasteiger partial charge in [-0.3, -0.25) is 5.10 Å². The van der Waals surface area contributed by atoms with Crippen LogP contribution in [-0.2, 0) is 6.54 Å². The number of hydrogen-bond donors (Lipinski definition) is 2. The summed E-state index contributed by atoms with van der Waals surface area (Å²) in [5.41, 5.74) is 1.18. The first-order valence-electron chi connectivity index (χ1n) is 4.71. The maximum absolute atomic E-state index is 3.91. The molecule has 2 N–H and O–H groups in total. The molecule has 1 atom stereocenters. The molecule has 0 aliphatic rings. The standard InChI is InChI=1S/C10H12BrN3S/c1-7(10-9(11)2-3-15-10)12-4-8-5-13-14-6-8/h2-3,5-7,12H,4H2,1H3,(H,13,14). The topological polar surface area (TPSA) is 40.7 Å². The smallest absolute Gasteiger partial charge is 0.0532 e. The molecule has 0 aliphatic heterocycles. The summed E-state index contributed by atoms with van der Waals surface area (Å²) in [7, 11) is 0. The molecule has 0 saturated carbocycles. The van der Waals surface area contributed by atoms with Gasteiger partial charge in [0.25, 0.3) is 0 Å². The van der Waals surface area contributed by atoms with Gasteiger partial charge < -0.3 is 5.32 Å². The molecule has 1 unspecified atom stereocenters. The van der Waals surface area contributed by atoms with Crippen molar-refractivity contribution in [1.29, 1.82) is 0 Å². The third kappa shape index (κ3) is 2.68. The predicted molar refractivity (Wildman–Crippen MR) is 65.9 cm³/mol. The van der Waals surface area contributed by atoms with Crippen molar-refractivity contribution in [3.05, 3.63) is 38.8 Å². The van der Waals surface area contributed by atoms with E-state index in [1.807, 2.05) is 12.4 Å². The lowest BCUT2D eigenvalue weighted by Crippen LogP contribution is -2.17. The molecule has 0 bridgehead atoms. The van der Waals surface area contributed by atoms with Crippen LogP contribution in [0.4, 0.5) is 0 Å². The van der Waals surface area contributed by atoms with E-state index in [-0.39, 0.29) is 0 Å². The lowest BCUT2D eigenvalue weighted by atomic mass is 10.2. The molecule has 15 heavy (non-hydrogen) atoms. The van der Waals surface area contributed by atoms with Crippen LogP contribution in [0, 0.1) is 0 Å². The Morgan fingerprint density at radius 3 is 3.13 bits per heavy atom. The summed E-state index contributed by atoms with van der Waals surface area (Å²) in [6.45, 7) is 3.00. The number of aromatic amines is 1. The predicted octanol–water partition coefficient (Wildman–Crippen LogP) is 3.08. The lowest BCUT2D eigenvalue weighted by Gasteiger charge is -2.11. The van der Waals surface area contributed by atoms with Gasteiger partial charge in [0.05, 0.1) is 6.20 Å². The van der Waals surface area contributed by atoms with Gasteiger partial charge in [0, 0.05) is 33.7 Å². The van der Waals surface area contributed by atoms with Gasteiger partial charge in [-0.2, -0.15) is 5.10 Å². The number of rotatable bonds is 4. The van der Waals surface area contributed by atoms with E-state index in [1.54, 1.807) is 11.3 Å². The number of nitrogens with one attached hydrogen (secondary N) is 2. The highest BCUT2D eigenvalue weighted by Crippen LogP contribution is 2.28. The SMILES string of the molecule is CC(NCc1cn[nH]c1)c1sccc1Br. The van der Waals surface area contributed by atoms with Crippen molar-refractivity contribution in [3.63, 3.8) is 0 Å². The third-order valence-electron chi connectivity index (χ3n) is 2.21. The van der Waals surface area contributed by atoms with E-state index < -0.39 is 0 Å². The normalized spacial score (nSPS) is 12.9. The van der Waals surface area contributed by atoms with Crippen LogP contribution in [0.3, 0.4) is 0 Å². The van der Waals surface area contributed by atoms with Crippen LogP contribution in [0.5, 0.6) is 0 Å². The molecule has 3 nitrogen and oxygen atoms in total. The molecule has 0 radical (unpaired) electrons. The maximum atomic E-state index is 3.91. The second-order valence-corrected chi connectivity index (χ2v) is 5.14. The van der Waals surface area contributed by atoms with E-state index in [0.717, 1.165) is 6.54 Å². The first kappa shape index (κ1) is 10.9. The Hall–Kier alpha value is -0.650. The molecule has 2 rings (SSSR count). The molecule has 0 saturated heterocycles. The summed E-state index contributed by atoms with van der Waals surface area (Å²) in [4.78, 5) is 1.33. The van der Waals surface area contributed by atoms with Crippen molar-refractivity contribution in [2.75, 3.05) is 0 Å². The second-order valence-electron chi connectivity index (χ2n) is 3.34. The van der Waals surface area contributed by atoms with E-state index in [1.165, 1.54) is 14.9 Å². The quantitative estimate of drug-likeness (QED) is 0.906. The van der Waals surface area contributed by atoms with Crippen molar-refractivity contribution in [2.45, 2.75) is 19.5 Å². The zero-order chi connectivity index (χ0) is 10.7. The monoisotopic (exact) mass is 285 g/mol. The Balaban J connectivity index is 1.93. The first-order chi connectivity index (χ1) is 7.27. The highest BCUT2D eigenvalue weighted by atomic mass is 79.9. The van der Waals surface area contributed by atoms with Crippen LogP contribution in [-0.4, -0.2) is 10.2 Å². The van der Waals surface area contributed by atoms with E-state index in [9.17, 15) is 0 Å². The van der Waals surface area contributed by atoms with Crippen molar-refractivity contribution >= 4 is 27.3 Å². The number of nitrogens with zero attached hydrogens (tertiary/aromatic N) is 1. The van der Waals surface area contributed by atoms with Crippen LogP contribution in [0.15, 0.2) is 28.3 Å². The number of halogens is 1. The average Bonchev–Trinajstić information content (AvgIpc) is 2.84. The van der Waals surface area contributed by atoms with Crippen LogP contribution >= 0.6 is 27.3 Å². The van der Waals surface area contributed by atoms with Gasteiger partial charge in [-0.25, -0.2) is 0 Å². The molecule has 2 aromatic heterocycles. The fourth-order valence-electron chi connectivity index (χ4n) is 1.35. The first-order valence-corrected chi connectivity index (χ1v) is 6.38. The summed E-state index contributed by atoms with van der Waals surface area (Å²) >= 11 is 5.30. The minimum absolute atomic E-state index is 0.356. The molecule has 0 aromatic carbocycles. The van der Waals surface area contributed by atoms with Gasteiger partial charge in [-0.05, 0) is 34.3 Å². The second kappa shape index (κ2) is 4.92. The van der Waals surface area contributed by atoms with Gasteiger partial charge in [-0.15, -0.1) is 11.3 Å². The Labute approximate surface area is 101 Å². The van der Waals surface area contributed by atoms with Crippen molar-refractivity contribution < 1.29 is 0 Å². The molecule has 2 aromatic rings. The van der Waals surface area contributed by atoms with Gasteiger partial charge in [0.15, 0.2) is 0 Å². The molecule has 5 heteroatoms. The van der Waals surface area contributed by atoms with Gasteiger partial charge >= 0.3 is 0 Å². The molecule has 0 spiro atoms. The minimum atomic E-state index is 0.356. The molecular formula is C10H12BrN3S. The average molecular weight is 286 g/mol. The molecule has 2 heterocycles. The summed E-state index contributed by atoms with van der Waals surface area (Å²) in [6, 6.07) is 2.44. The number of H-pyrrole nitrogens is 1. The van der Waals surface area contributed by atoms with E-state index in [0.29, 0.717) is 6.04 Å². The largest absolute Gasteiger partial charge is 0.305 e. The summed E-state index contributed by atoms with van der Waals surface area (Å²) in [5.74, 6) is 0. The number of thiophene rings is 1. The van der Waals surface area contributed by atoms with Crippen molar-refractivity contribution in [1.82, 2.24) is 15.5 Å². The number of aromatic nitrogens is 2. The minimum Gasteiger partial charge on any atom is -0.305 e. The Bertz CT molecular complexity index is 410. The van der Waals surface area contributed by atoms with E-state index >= 15 is 0 Å². The zero-order valence-electron chi connectivity index (χ0n) is 8.33. The number of hydrogen-bond acceptors (Lipinski definition) is 3. The van der Waals surface area contributed by atoms with Gasteiger partial charge in [0.1, 0.15) is 0 Å². The Morgan fingerprint density at radius 1 is 1.67 bits per heavy atom. The zero-order valence-corrected chi connectivity index (χ0v) is 10.7. The Kier molecular flexibility index (Phi) is 3.56. The molecular weight excluding hydrogens is 274 g/mol. The summed E-state index contributed by atoms with van der Waals surface area (Å²) < 4.78 is 1.18. The highest BCUT2D eigenvalue weighted by molar-refractivity contribution is 9.10. The maximum Gasteiger partial charge on any atom is 0.0532 e. The van der Waals surface area contributed by atoms with Gasteiger partial charge in [-0.1, -0.05) is 0 Å². The molecule has 0 aliphatic carbocycles. The van der Waals surface area contributed by atoms with Gasteiger partial charge in [0.2, 0.25) is 0 Å². The van der Waals surface area contributed by atoms with Crippen molar-refractivity contribution in [3.8, 4) is 0 Å². The fraction of sp³-hybridized carbons (Fsp3) is 0.300. The Morgan fingerprint density at radius 2 is 2.53 bits per heavy atom. The third-order valence-corrected chi connectivity index (χ3v) is 4.26. The fourth-order valence-corrected chi connectivity index (χ4v) is 3.10. The van der Waals surface area contributed by atoms with Crippen LogP contribution in [0.25, 0.3) is 0 Å². The summed E-state index contributed by atoms with van der Waals surface area (Å²) in [5, 5.41) is 12.3. The molecule has 80 valence electrons. The van der Waals surface area contributed by atoms with Crippen LogP contribution < -0.4 is 5.32 Å².